The molecule has 12 heterocycles. The minimum Gasteiger partial charge on any atom is -0.465 e. The molecule has 1 amide bonds. The molecule has 0 saturated carbocycles. The highest BCUT2D eigenvalue weighted by Gasteiger charge is 2.22. The number of esters is 2. The van der Waals surface area contributed by atoms with Crippen LogP contribution in [0.1, 0.15) is 55.2 Å². The van der Waals surface area contributed by atoms with Crippen LogP contribution in [0, 0.1) is 17.5 Å². The molecule has 0 aliphatic heterocycles. The van der Waals surface area contributed by atoms with Crippen molar-refractivity contribution in [3.63, 3.8) is 0 Å². The van der Waals surface area contributed by atoms with Gasteiger partial charge in [-0.15, -0.1) is 0 Å². The van der Waals surface area contributed by atoms with Gasteiger partial charge in [-0.2, -0.15) is 0 Å². The number of nitrogens with one attached hydrogen (secondary N) is 2. The zero-order valence-electron chi connectivity index (χ0n) is 62.4. The Hall–Kier alpha value is -14.2. The molecule has 15 aromatic rings. The highest BCUT2D eigenvalue weighted by Crippen LogP contribution is 2.33. The maximum Gasteiger partial charge on any atom is 0.337 e. The van der Waals surface area contributed by atoms with Crippen molar-refractivity contribution in [3.05, 3.63) is 345 Å². The molecule has 38 heteroatoms. The Bertz CT molecular complexity index is 5630. The second-order valence-corrected chi connectivity index (χ2v) is 27.4. The van der Waals surface area contributed by atoms with Gasteiger partial charge in [-0.1, -0.05) is 73.4 Å². The first-order valence-corrected chi connectivity index (χ1v) is 37.9. The van der Waals surface area contributed by atoms with Gasteiger partial charge in [0.05, 0.1) is 76.0 Å². The van der Waals surface area contributed by atoms with Gasteiger partial charge in [-0.3, -0.25) is 34.9 Å². The van der Waals surface area contributed by atoms with Gasteiger partial charge in [0.1, 0.15) is 68.6 Å². The monoisotopic (exact) mass is 1870 g/mol. The summed E-state index contributed by atoms with van der Waals surface area (Å²) in [6.45, 7) is 0.344. The fourth-order valence-corrected chi connectivity index (χ4v) is 12.0. The summed E-state index contributed by atoms with van der Waals surface area (Å²) in [5.41, 5.74) is 23.0. The van der Waals surface area contributed by atoms with Crippen molar-refractivity contribution >= 4 is 146 Å². The number of pyridine rings is 7. The molecule has 0 spiro atoms. The second-order valence-electron chi connectivity index (χ2n) is 23.9. The van der Waals surface area contributed by atoms with E-state index in [9.17, 15) is 27.6 Å². The zero-order chi connectivity index (χ0) is 84.4. The van der Waals surface area contributed by atoms with Crippen LogP contribution in [0.3, 0.4) is 0 Å². The first-order chi connectivity index (χ1) is 57.7. The Kier molecular flexibility index (Phi) is 34.3. The molecule has 0 fully saturated rings. The highest BCUT2D eigenvalue weighted by molar-refractivity contribution is 9.11. The average molecular weight is 1880 g/mol. The van der Waals surface area contributed by atoms with E-state index >= 15 is 0 Å². The Balaban J connectivity index is 0.000000175. The Labute approximate surface area is 718 Å². The Morgan fingerprint density at radius 3 is 1.04 bits per heavy atom. The smallest absolute Gasteiger partial charge is 0.337 e. The second kappa shape index (κ2) is 45.9. The number of halogens is 7. The van der Waals surface area contributed by atoms with E-state index in [0.29, 0.717) is 74.9 Å². The molecular formula is C82H70Br4F3N25O6. The third-order valence-corrected chi connectivity index (χ3v) is 17.8. The van der Waals surface area contributed by atoms with Crippen LogP contribution >= 0.6 is 63.7 Å². The molecule has 608 valence electrons. The fourth-order valence-electron chi connectivity index (χ4n) is 10.3. The number of rotatable bonds is 19. The maximum atomic E-state index is 14.8. The lowest BCUT2D eigenvalue weighted by Gasteiger charge is -2.23. The van der Waals surface area contributed by atoms with Crippen LogP contribution in [0.15, 0.2) is 294 Å². The quantitative estimate of drug-likeness (QED) is 0.0189. The van der Waals surface area contributed by atoms with E-state index in [-0.39, 0.29) is 43.8 Å². The predicted molar refractivity (Wildman–Crippen MR) is 461 cm³/mol. The molecule has 0 aliphatic carbocycles. The number of nitrogen functional groups attached to an aromatic ring is 3. The fraction of sp³-hybridized carbons (Fsp3) is 0.0732. The summed E-state index contributed by atoms with van der Waals surface area (Å²) in [7, 11) is 2.50. The molecule has 3 aromatic carbocycles. The number of aromatic nitrogens is 17. The lowest BCUT2D eigenvalue weighted by atomic mass is 10.1. The number of benzene rings is 3. The SMILES string of the molecule is Brc1ccnc(Br)c1.Brc1ccnc(Nc2cnccn2)c1.C.COC(=O)c1ccc(CN(c2cnccn2)c2cc(-c3ccnc(N)c3)ccn2)c(F)c1.COC(=O)c1ccc(CN(c2cnccn2)c2cc(Br)ccn2)c(F)c1.Nc1cc(-c2ccnc(N(Cc3ccc(C(=O)NO)cc3F)c3cnccn3)c2)ccn1.Nc1cnccn1. The van der Waals surface area contributed by atoms with E-state index in [1.165, 1.54) is 62.6 Å². The number of methoxy groups -OCH3 is 2. The van der Waals surface area contributed by atoms with E-state index in [2.05, 4.69) is 163 Å². The first kappa shape index (κ1) is 89.7. The number of hydroxylamine groups is 1. The molecule has 0 radical (unpaired) electrons. The zero-order valence-corrected chi connectivity index (χ0v) is 68.8. The van der Waals surface area contributed by atoms with Gasteiger partial charge in [0.25, 0.3) is 5.91 Å². The van der Waals surface area contributed by atoms with Crippen molar-refractivity contribution in [2.24, 2.45) is 0 Å². The number of hydrogen-bond acceptors (Lipinski definition) is 30. The number of hydrogen-bond donors (Lipinski definition) is 6. The van der Waals surface area contributed by atoms with Crippen LogP contribution in [-0.2, 0) is 29.1 Å². The normalized spacial score (nSPS) is 10.2. The van der Waals surface area contributed by atoms with E-state index in [0.717, 1.165) is 64.3 Å². The maximum absolute atomic E-state index is 14.8. The van der Waals surface area contributed by atoms with E-state index < -0.39 is 35.3 Å². The van der Waals surface area contributed by atoms with Crippen molar-refractivity contribution in [1.29, 1.82) is 0 Å². The molecule has 15 rings (SSSR count). The van der Waals surface area contributed by atoms with Crippen LogP contribution < -0.4 is 42.7 Å². The molecule has 0 unspecified atom stereocenters. The minimum atomic E-state index is -0.799. The molecule has 0 aliphatic rings. The van der Waals surface area contributed by atoms with Crippen molar-refractivity contribution in [1.82, 2.24) is 90.2 Å². The summed E-state index contributed by atoms with van der Waals surface area (Å²) in [6, 6.07) is 38.0. The minimum absolute atomic E-state index is 0. The molecule has 120 heavy (non-hydrogen) atoms. The van der Waals surface area contributed by atoms with Crippen LogP contribution in [0.4, 0.5) is 77.2 Å². The van der Waals surface area contributed by atoms with Gasteiger partial charge in [0, 0.05) is 141 Å². The predicted octanol–water partition coefficient (Wildman–Crippen LogP) is 16.5. The molecular weight excluding hydrogens is 1810 g/mol. The summed E-state index contributed by atoms with van der Waals surface area (Å²) in [5, 5.41) is 11.8. The molecule has 31 nitrogen and oxygen atoms in total. The van der Waals surface area contributed by atoms with E-state index in [4.69, 9.17) is 22.4 Å². The highest BCUT2D eigenvalue weighted by atomic mass is 79.9. The van der Waals surface area contributed by atoms with Crippen LogP contribution in [0.5, 0.6) is 0 Å². The first-order valence-electron chi connectivity index (χ1n) is 34.7. The molecule has 0 atom stereocenters. The standard InChI is InChI=1S/C23H19FN6O2.C22H18FN7O2.C18H14BrFN4O2.C9H7BrN4.C5H3Br2N.C4H5N3.CH4/c1-32-23(31)17-2-3-18(19(24)10-17)14-30(22-13-26-8-9-29-22)21-12-16(5-7-28-21)15-4-6-27-20(25)11-15;23-18-9-16(22(31)29-32)1-2-17(18)13-30(21-12-25-7-8-28-21)20-11-15(4-6-27-20)14-3-5-26-19(24)10-14;1-26-18(25)12-2-3-13(15(20)8-12)11-24(17-10-21-6-7-23-17)16-9-14(19)4-5-22-16;10-7-1-2-12-8(5-7)14-9-6-11-3-4-13-9;6-4-1-2-8-5(7)3-4;5-4-3-6-1-2-7-4;/h2-13H,14H2,1H3,(H2,25,27);1-12,32H,13H2,(H2,24,26)(H,29,31);2-10H,11H2,1H3;1-6H,(H,12,13,14);1-3H;1-3H,(H2,5,7);1H4. The number of amides is 1. The van der Waals surface area contributed by atoms with Gasteiger partial charge >= 0.3 is 11.9 Å². The lowest BCUT2D eigenvalue weighted by molar-refractivity contribution is 0.0591. The lowest BCUT2D eigenvalue weighted by Crippen LogP contribution is -2.21. The average Bonchev–Trinajstić information content (AvgIpc) is 0.802. The number of nitrogens with two attached hydrogens (primary N) is 3. The molecule has 0 saturated heterocycles. The van der Waals surface area contributed by atoms with Crippen molar-refractivity contribution in [3.8, 4) is 22.3 Å². The topological polar surface area (TPSA) is 421 Å². The van der Waals surface area contributed by atoms with Gasteiger partial charge in [0.15, 0.2) is 17.5 Å². The van der Waals surface area contributed by atoms with Crippen LogP contribution in [0.2, 0.25) is 0 Å². The summed E-state index contributed by atoms with van der Waals surface area (Å²) < 4.78 is 57.1. The number of ether oxygens (including phenoxy) is 2. The molecule has 12 aromatic heterocycles. The van der Waals surface area contributed by atoms with Crippen molar-refractivity contribution in [2.75, 3.05) is 51.4 Å². The van der Waals surface area contributed by atoms with E-state index in [1.54, 1.807) is 169 Å². The largest absolute Gasteiger partial charge is 0.465 e. The summed E-state index contributed by atoms with van der Waals surface area (Å²) in [4.78, 5) is 110. The van der Waals surface area contributed by atoms with Crippen LogP contribution in [-0.4, -0.2) is 122 Å². The summed E-state index contributed by atoms with van der Waals surface area (Å²) in [5.74, 6) is 2.10. The third kappa shape index (κ3) is 27.2. The molecule has 9 N–H and O–H groups in total. The van der Waals surface area contributed by atoms with Gasteiger partial charge < -0.3 is 46.7 Å². The Morgan fingerprint density at radius 1 is 0.358 bits per heavy atom. The van der Waals surface area contributed by atoms with Gasteiger partial charge in [0.2, 0.25) is 0 Å². The van der Waals surface area contributed by atoms with Crippen molar-refractivity contribution < 1.29 is 42.2 Å². The summed E-state index contributed by atoms with van der Waals surface area (Å²) >= 11 is 13.3. The number of carbonyl (C=O) groups is 3. The van der Waals surface area contributed by atoms with Crippen molar-refractivity contribution in [2.45, 2.75) is 27.1 Å². The molecule has 0 bridgehead atoms. The van der Waals surface area contributed by atoms with Crippen LogP contribution in [0.25, 0.3) is 22.3 Å². The third-order valence-electron chi connectivity index (χ3n) is 15.9. The number of carbonyl (C=O) groups excluding carboxylic acids is 3. The number of nitrogens with zero attached hydrogens (tertiary/aromatic N) is 20. The number of anilines is 11. The van der Waals surface area contributed by atoms with Gasteiger partial charge in [-0.05, 0) is 160 Å². The Morgan fingerprint density at radius 2 is 0.700 bits per heavy atom. The summed E-state index contributed by atoms with van der Waals surface area (Å²) in [6.07, 6.45) is 35.1. The van der Waals surface area contributed by atoms with Gasteiger partial charge in [-0.25, -0.2) is 88.0 Å². The van der Waals surface area contributed by atoms with E-state index in [1.807, 2.05) is 60.7 Å².